The minimum atomic E-state index is -0.742. The van der Waals surface area contributed by atoms with Crippen molar-refractivity contribution in [2.75, 3.05) is 5.32 Å². The predicted molar refractivity (Wildman–Crippen MR) is 86.0 cm³/mol. The van der Waals surface area contributed by atoms with Crippen molar-refractivity contribution in [1.29, 1.82) is 0 Å². The van der Waals surface area contributed by atoms with Crippen molar-refractivity contribution in [2.24, 2.45) is 0 Å². The number of para-hydroxylation sites is 1. The molecule has 22 heavy (non-hydrogen) atoms. The van der Waals surface area contributed by atoms with E-state index in [1.54, 1.807) is 13.0 Å². The first-order valence-corrected chi connectivity index (χ1v) is 7.23. The molecule has 7 heteroatoms. The van der Waals surface area contributed by atoms with E-state index in [9.17, 15) is 14.9 Å². The number of rotatable bonds is 5. The van der Waals surface area contributed by atoms with E-state index in [1.165, 1.54) is 24.3 Å². The van der Waals surface area contributed by atoms with Gasteiger partial charge in [-0.25, -0.2) is 0 Å². The number of nitrogens with zero attached hydrogens (tertiary/aromatic N) is 1. The smallest absolute Gasteiger partial charge is 0.269 e. The molecule has 2 aromatic carbocycles. The molecule has 0 fully saturated rings. The van der Waals surface area contributed by atoms with Gasteiger partial charge in [-0.3, -0.25) is 14.9 Å². The van der Waals surface area contributed by atoms with Gasteiger partial charge in [-0.1, -0.05) is 12.1 Å². The van der Waals surface area contributed by atoms with Gasteiger partial charge in [0.2, 0.25) is 0 Å². The van der Waals surface area contributed by atoms with E-state index in [4.69, 9.17) is 4.74 Å². The Morgan fingerprint density at radius 2 is 1.86 bits per heavy atom. The van der Waals surface area contributed by atoms with Crippen LogP contribution in [-0.2, 0) is 4.79 Å². The number of hydrogen-bond donors (Lipinski definition) is 1. The standard InChI is InChI=1S/C15H13BrN2O4/c1-10(15(19)17-14-5-3-2-4-13(14)16)22-12-8-6-11(7-9-12)18(20)21/h2-10H,1H3,(H,17,19). The molecule has 1 amide bonds. The van der Waals surface area contributed by atoms with Crippen LogP contribution in [0.3, 0.4) is 0 Å². The molecule has 1 unspecified atom stereocenters. The Morgan fingerprint density at radius 3 is 2.45 bits per heavy atom. The average molecular weight is 365 g/mol. The first-order valence-electron chi connectivity index (χ1n) is 6.44. The number of halogens is 1. The van der Waals surface area contributed by atoms with Crippen LogP contribution in [0.1, 0.15) is 6.92 Å². The molecule has 0 aliphatic carbocycles. The molecule has 2 aromatic rings. The van der Waals surface area contributed by atoms with Gasteiger partial charge < -0.3 is 10.1 Å². The van der Waals surface area contributed by atoms with Crippen LogP contribution in [0.5, 0.6) is 5.75 Å². The molecule has 1 N–H and O–H groups in total. The van der Waals surface area contributed by atoms with Gasteiger partial charge in [0.15, 0.2) is 6.10 Å². The molecule has 1 atom stereocenters. The second-order valence-electron chi connectivity index (χ2n) is 4.48. The molecule has 0 bridgehead atoms. The second kappa shape index (κ2) is 7.04. The predicted octanol–water partition coefficient (Wildman–Crippen LogP) is 3.76. The number of ether oxygens (including phenoxy) is 1. The molecule has 0 radical (unpaired) electrons. The minimum absolute atomic E-state index is 0.0299. The summed E-state index contributed by atoms with van der Waals surface area (Å²) in [6, 6.07) is 12.8. The van der Waals surface area contributed by atoms with Crippen LogP contribution in [0.15, 0.2) is 53.0 Å². The highest BCUT2D eigenvalue weighted by Crippen LogP contribution is 2.22. The van der Waals surface area contributed by atoms with Gasteiger partial charge >= 0.3 is 0 Å². The van der Waals surface area contributed by atoms with Crippen LogP contribution in [0.2, 0.25) is 0 Å². The lowest BCUT2D eigenvalue weighted by Gasteiger charge is -2.15. The summed E-state index contributed by atoms with van der Waals surface area (Å²) in [5.41, 5.74) is 0.615. The summed E-state index contributed by atoms with van der Waals surface area (Å²) in [4.78, 5) is 22.2. The first-order chi connectivity index (χ1) is 10.5. The quantitative estimate of drug-likeness (QED) is 0.646. The van der Waals surface area contributed by atoms with Gasteiger partial charge in [0.25, 0.3) is 11.6 Å². The van der Waals surface area contributed by atoms with Crippen LogP contribution in [-0.4, -0.2) is 16.9 Å². The summed E-state index contributed by atoms with van der Waals surface area (Å²) in [7, 11) is 0. The van der Waals surface area contributed by atoms with E-state index in [-0.39, 0.29) is 11.6 Å². The SMILES string of the molecule is CC(Oc1ccc([N+](=O)[O-])cc1)C(=O)Nc1ccccc1Br. The molecular formula is C15H13BrN2O4. The number of nitrogens with one attached hydrogen (secondary N) is 1. The Kier molecular flexibility index (Phi) is 5.11. The van der Waals surface area contributed by atoms with Crippen molar-refractivity contribution in [1.82, 2.24) is 0 Å². The fourth-order valence-electron chi connectivity index (χ4n) is 1.70. The Morgan fingerprint density at radius 1 is 1.23 bits per heavy atom. The maximum Gasteiger partial charge on any atom is 0.269 e. The topological polar surface area (TPSA) is 81.5 Å². The minimum Gasteiger partial charge on any atom is -0.481 e. The monoisotopic (exact) mass is 364 g/mol. The normalized spacial score (nSPS) is 11.5. The molecule has 0 aliphatic rings. The first kappa shape index (κ1) is 16.0. The van der Waals surface area contributed by atoms with Crippen molar-refractivity contribution in [3.05, 3.63) is 63.1 Å². The summed E-state index contributed by atoms with van der Waals surface area (Å²) in [5, 5.41) is 13.3. The van der Waals surface area contributed by atoms with E-state index in [0.717, 1.165) is 4.47 Å². The number of amides is 1. The second-order valence-corrected chi connectivity index (χ2v) is 5.33. The molecule has 0 saturated heterocycles. The number of hydrogen-bond acceptors (Lipinski definition) is 4. The fraction of sp³-hybridized carbons (Fsp3) is 0.133. The highest BCUT2D eigenvalue weighted by atomic mass is 79.9. The van der Waals surface area contributed by atoms with Gasteiger partial charge in [0.05, 0.1) is 10.6 Å². The van der Waals surface area contributed by atoms with Crippen molar-refractivity contribution in [3.8, 4) is 5.75 Å². The molecule has 0 aliphatic heterocycles. The number of benzene rings is 2. The van der Waals surface area contributed by atoms with E-state index < -0.39 is 11.0 Å². The van der Waals surface area contributed by atoms with E-state index in [2.05, 4.69) is 21.2 Å². The van der Waals surface area contributed by atoms with E-state index in [0.29, 0.717) is 11.4 Å². The lowest BCUT2D eigenvalue weighted by atomic mass is 10.3. The summed E-state index contributed by atoms with van der Waals surface area (Å²) in [6.45, 7) is 1.60. The molecule has 114 valence electrons. The molecule has 0 aromatic heterocycles. The van der Waals surface area contributed by atoms with Crippen molar-refractivity contribution in [2.45, 2.75) is 13.0 Å². The van der Waals surface area contributed by atoms with Crippen LogP contribution >= 0.6 is 15.9 Å². The highest BCUT2D eigenvalue weighted by molar-refractivity contribution is 9.10. The number of anilines is 1. The van der Waals surface area contributed by atoms with Crippen LogP contribution in [0.4, 0.5) is 11.4 Å². The van der Waals surface area contributed by atoms with Crippen LogP contribution in [0.25, 0.3) is 0 Å². The third kappa shape index (κ3) is 4.05. The summed E-state index contributed by atoms with van der Waals surface area (Å²) >= 11 is 3.34. The summed E-state index contributed by atoms with van der Waals surface area (Å²) < 4.78 is 6.24. The highest BCUT2D eigenvalue weighted by Gasteiger charge is 2.16. The van der Waals surface area contributed by atoms with Crippen molar-refractivity contribution < 1.29 is 14.5 Å². The maximum atomic E-state index is 12.1. The number of carbonyl (C=O) groups is 1. The molecule has 0 saturated carbocycles. The van der Waals surface area contributed by atoms with Gasteiger partial charge in [-0.2, -0.15) is 0 Å². The zero-order valence-corrected chi connectivity index (χ0v) is 13.2. The average Bonchev–Trinajstić information content (AvgIpc) is 2.50. The summed E-state index contributed by atoms with van der Waals surface area (Å²) in [6.07, 6.45) is -0.742. The number of nitro groups is 1. The molecule has 2 rings (SSSR count). The number of nitro benzene ring substituents is 1. The number of non-ortho nitro benzene ring substituents is 1. The lowest BCUT2D eigenvalue weighted by molar-refractivity contribution is -0.384. The van der Waals surface area contributed by atoms with Gasteiger partial charge in [-0.15, -0.1) is 0 Å². The number of carbonyl (C=O) groups excluding carboxylic acids is 1. The van der Waals surface area contributed by atoms with Crippen molar-refractivity contribution >= 4 is 33.2 Å². The Labute approximate surface area is 135 Å². The lowest BCUT2D eigenvalue weighted by Crippen LogP contribution is -2.30. The Hall–Kier alpha value is -2.41. The molecule has 0 spiro atoms. The zero-order chi connectivity index (χ0) is 16.1. The van der Waals surface area contributed by atoms with Crippen molar-refractivity contribution in [3.63, 3.8) is 0 Å². The van der Waals surface area contributed by atoms with E-state index in [1.807, 2.05) is 18.2 Å². The third-order valence-electron chi connectivity index (χ3n) is 2.86. The fourth-order valence-corrected chi connectivity index (χ4v) is 2.08. The maximum absolute atomic E-state index is 12.1. The zero-order valence-electron chi connectivity index (χ0n) is 11.7. The van der Waals surface area contributed by atoms with Gasteiger partial charge in [0.1, 0.15) is 5.75 Å². The molecular weight excluding hydrogens is 352 g/mol. The molecule has 6 nitrogen and oxygen atoms in total. The Balaban J connectivity index is 1.99. The Bertz CT molecular complexity index is 688. The van der Waals surface area contributed by atoms with Gasteiger partial charge in [0, 0.05) is 16.6 Å². The van der Waals surface area contributed by atoms with Crippen LogP contribution < -0.4 is 10.1 Å². The van der Waals surface area contributed by atoms with Crippen LogP contribution in [0, 0.1) is 10.1 Å². The van der Waals surface area contributed by atoms with E-state index >= 15 is 0 Å². The largest absolute Gasteiger partial charge is 0.481 e. The summed E-state index contributed by atoms with van der Waals surface area (Å²) in [5.74, 6) is 0.0747. The molecule has 0 heterocycles. The third-order valence-corrected chi connectivity index (χ3v) is 3.55. The van der Waals surface area contributed by atoms with Gasteiger partial charge in [-0.05, 0) is 47.1 Å².